The maximum atomic E-state index is 5.83. The summed E-state index contributed by atoms with van der Waals surface area (Å²) in [6.45, 7) is 5.42. The van der Waals surface area contributed by atoms with Crippen molar-refractivity contribution in [3.8, 4) is 0 Å². The van der Waals surface area contributed by atoms with Gasteiger partial charge in [-0.25, -0.2) is 0 Å². The smallest absolute Gasteiger partial charge is 0.0716 e. The lowest BCUT2D eigenvalue weighted by atomic mass is 10.0. The second kappa shape index (κ2) is 5.13. The van der Waals surface area contributed by atoms with Crippen LogP contribution in [0.2, 0.25) is 0 Å². The van der Waals surface area contributed by atoms with Gasteiger partial charge in [0.2, 0.25) is 0 Å². The Hall–Kier alpha value is -0.860. The van der Waals surface area contributed by atoms with Crippen LogP contribution in [0.3, 0.4) is 0 Å². The first-order chi connectivity index (χ1) is 6.58. The van der Waals surface area contributed by atoms with E-state index < -0.39 is 0 Å². The van der Waals surface area contributed by atoms with E-state index in [4.69, 9.17) is 10.5 Å². The summed E-state index contributed by atoms with van der Waals surface area (Å²) in [6, 6.07) is 10.2. The Balaban J connectivity index is 2.17. The first kappa shape index (κ1) is 11.2. The van der Waals surface area contributed by atoms with Crippen LogP contribution in [0.25, 0.3) is 0 Å². The van der Waals surface area contributed by atoms with Gasteiger partial charge in [0.25, 0.3) is 0 Å². The molecule has 0 aliphatic carbocycles. The quantitative estimate of drug-likeness (QED) is 0.728. The minimum atomic E-state index is -0.128. The van der Waals surface area contributed by atoms with E-state index in [0.29, 0.717) is 6.61 Å². The number of nitrogens with two attached hydrogens (primary N) is 1. The first-order valence-corrected chi connectivity index (χ1v) is 4.98. The van der Waals surface area contributed by atoms with Gasteiger partial charge in [-0.2, -0.15) is 0 Å². The minimum absolute atomic E-state index is 0.128. The lowest BCUT2D eigenvalue weighted by Crippen LogP contribution is -2.33. The monoisotopic (exact) mass is 193 g/mol. The molecule has 0 aliphatic rings. The van der Waals surface area contributed by atoms with E-state index in [1.54, 1.807) is 0 Å². The molecule has 2 heteroatoms. The van der Waals surface area contributed by atoms with Crippen molar-refractivity contribution in [2.24, 2.45) is 5.73 Å². The van der Waals surface area contributed by atoms with Gasteiger partial charge in [0.05, 0.1) is 6.61 Å². The van der Waals surface area contributed by atoms with Gasteiger partial charge in [0.15, 0.2) is 0 Å². The zero-order valence-corrected chi connectivity index (χ0v) is 8.99. The van der Waals surface area contributed by atoms with E-state index in [2.05, 4.69) is 12.1 Å². The normalized spacial score (nSPS) is 11.6. The summed E-state index contributed by atoms with van der Waals surface area (Å²) >= 11 is 0. The molecule has 0 saturated heterocycles. The van der Waals surface area contributed by atoms with Crippen molar-refractivity contribution < 1.29 is 4.74 Å². The molecule has 0 amide bonds. The Labute approximate surface area is 86.1 Å². The highest BCUT2D eigenvalue weighted by Crippen LogP contribution is 2.05. The van der Waals surface area contributed by atoms with E-state index in [1.807, 2.05) is 32.0 Å². The summed E-state index contributed by atoms with van der Waals surface area (Å²) in [5, 5.41) is 0. The molecule has 1 rings (SSSR count). The number of rotatable bonds is 5. The zero-order chi connectivity index (χ0) is 10.4. The topological polar surface area (TPSA) is 35.2 Å². The molecular weight excluding hydrogens is 174 g/mol. The van der Waals surface area contributed by atoms with Crippen molar-refractivity contribution in [3.63, 3.8) is 0 Å². The molecule has 2 nitrogen and oxygen atoms in total. The summed E-state index contributed by atoms with van der Waals surface area (Å²) in [5.74, 6) is 0. The number of hydrogen-bond acceptors (Lipinski definition) is 2. The Morgan fingerprint density at radius 3 is 2.43 bits per heavy atom. The standard InChI is InChI=1S/C12H19NO/c1-12(2,13)8-9-14-10-11-6-4-3-5-7-11/h3-7H,8-10,13H2,1-2H3. The molecule has 0 radical (unpaired) electrons. The van der Waals surface area contributed by atoms with Crippen LogP contribution in [-0.4, -0.2) is 12.1 Å². The molecule has 0 fully saturated rings. The summed E-state index contributed by atoms with van der Waals surface area (Å²) < 4.78 is 5.52. The van der Waals surface area contributed by atoms with Crippen molar-refractivity contribution in [2.75, 3.05) is 6.61 Å². The molecule has 78 valence electrons. The van der Waals surface area contributed by atoms with Crippen LogP contribution in [0.1, 0.15) is 25.8 Å². The molecule has 0 aromatic heterocycles. The molecule has 1 aromatic rings. The molecule has 0 aliphatic heterocycles. The van der Waals surface area contributed by atoms with Gasteiger partial charge in [0, 0.05) is 12.1 Å². The van der Waals surface area contributed by atoms with E-state index >= 15 is 0 Å². The van der Waals surface area contributed by atoms with Gasteiger partial charge in [-0.05, 0) is 25.8 Å². The lowest BCUT2D eigenvalue weighted by Gasteiger charge is -2.17. The fraction of sp³-hybridized carbons (Fsp3) is 0.500. The van der Waals surface area contributed by atoms with E-state index in [0.717, 1.165) is 13.0 Å². The van der Waals surface area contributed by atoms with Crippen molar-refractivity contribution in [3.05, 3.63) is 35.9 Å². The van der Waals surface area contributed by atoms with Crippen LogP contribution in [0, 0.1) is 0 Å². The number of ether oxygens (including phenoxy) is 1. The second-order valence-corrected chi connectivity index (χ2v) is 4.28. The average Bonchev–Trinajstić information content (AvgIpc) is 2.13. The third-order valence-electron chi connectivity index (χ3n) is 2.00. The Kier molecular flexibility index (Phi) is 4.11. The molecule has 2 N–H and O–H groups in total. The SMILES string of the molecule is CC(C)(N)CCOCc1ccccc1. The van der Waals surface area contributed by atoms with Crippen LogP contribution >= 0.6 is 0 Å². The maximum Gasteiger partial charge on any atom is 0.0716 e. The fourth-order valence-corrected chi connectivity index (χ4v) is 1.10. The van der Waals surface area contributed by atoms with Crippen molar-refractivity contribution in [1.29, 1.82) is 0 Å². The number of benzene rings is 1. The molecular formula is C12H19NO. The Morgan fingerprint density at radius 2 is 1.86 bits per heavy atom. The molecule has 0 bridgehead atoms. The summed E-state index contributed by atoms with van der Waals surface area (Å²) in [6.07, 6.45) is 0.889. The minimum Gasteiger partial charge on any atom is -0.377 e. The van der Waals surface area contributed by atoms with Crippen molar-refractivity contribution in [2.45, 2.75) is 32.4 Å². The third-order valence-corrected chi connectivity index (χ3v) is 2.00. The van der Waals surface area contributed by atoms with Crippen molar-refractivity contribution >= 4 is 0 Å². The highest BCUT2D eigenvalue weighted by molar-refractivity contribution is 5.13. The molecule has 0 heterocycles. The maximum absolute atomic E-state index is 5.83. The van der Waals surface area contributed by atoms with Crippen LogP contribution in [0.15, 0.2) is 30.3 Å². The molecule has 0 saturated carbocycles. The predicted molar refractivity (Wildman–Crippen MR) is 59.0 cm³/mol. The van der Waals surface area contributed by atoms with Gasteiger partial charge in [-0.15, -0.1) is 0 Å². The van der Waals surface area contributed by atoms with Gasteiger partial charge >= 0.3 is 0 Å². The second-order valence-electron chi connectivity index (χ2n) is 4.28. The predicted octanol–water partition coefficient (Wildman–Crippen LogP) is 2.33. The van der Waals surface area contributed by atoms with E-state index in [9.17, 15) is 0 Å². The average molecular weight is 193 g/mol. The highest BCUT2D eigenvalue weighted by Gasteiger charge is 2.09. The fourth-order valence-electron chi connectivity index (χ4n) is 1.10. The molecule has 14 heavy (non-hydrogen) atoms. The van der Waals surface area contributed by atoms with Crippen LogP contribution in [0.5, 0.6) is 0 Å². The van der Waals surface area contributed by atoms with E-state index in [1.165, 1.54) is 5.56 Å². The lowest BCUT2D eigenvalue weighted by molar-refractivity contribution is 0.106. The third kappa shape index (κ3) is 5.00. The van der Waals surface area contributed by atoms with Gasteiger partial charge in [-0.1, -0.05) is 30.3 Å². The van der Waals surface area contributed by atoms with Crippen LogP contribution in [0.4, 0.5) is 0 Å². The largest absolute Gasteiger partial charge is 0.377 e. The van der Waals surface area contributed by atoms with Crippen molar-refractivity contribution in [1.82, 2.24) is 0 Å². The molecule has 1 aromatic carbocycles. The summed E-state index contributed by atoms with van der Waals surface area (Å²) in [5.41, 5.74) is 6.92. The van der Waals surface area contributed by atoms with E-state index in [-0.39, 0.29) is 5.54 Å². The molecule has 0 spiro atoms. The van der Waals surface area contributed by atoms with Gasteiger partial charge < -0.3 is 10.5 Å². The Morgan fingerprint density at radius 1 is 1.21 bits per heavy atom. The van der Waals surface area contributed by atoms with Crippen LogP contribution in [-0.2, 0) is 11.3 Å². The summed E-state index contributed by atoms with van der Waals surface area (Å²) in [4.78, 5) is 0. The number of hydrogen-bond donors (Lipinski definition) is 1. The molecule has 0 atom stereocenters. The summed E-state index contributed by atoms with van der Waals surface area (Å²) in [7, 11) is 0. The van der Waals surface area contributed by atoms with Gasteiger partial charge in [0.1, 0.15) is 0 Å². The van der Waals surface area contributed by atoms with Crippen LogP contribution < -0.4 is 5.73 Å². The molecule has 0 unspecified atom stereocenters. The Bertz CT molecular complexity index is 251. The first-order valence-electron chi connectivity index (χ1n) is 4.98. The van der Waals surface area contributed by atoms with Gasteiger partial charge in [-0.3, -0.25) is 0 Å². The zero-order valence-electron chi connectivity index (χ0n) is 8.99. The highest BCUT2D eigenvalue weighted by atomic mass is 16.5.